The van der Waals surface area contributed by atoms with Gasteiger partial charge >= 0.3 is 0 Å². The van der Waals surface area contributed by atoms with Crippen LogP contribution < -0.4 is 5.32 Å². The second-order valence-corrected chi connectivity index (χ2v) is 6.98. The normalized spacial score (nSPS) is 22.5. The summed E-state index contributed by atoms with van der Waals surface area (Å²) in [5.74, 6) is 2.66. The third kappa shape index (κ3) is 6.60. The average Bonchev–Trinajstić information content (AvgIpc) is 2.97. The van der Waals surface area contributed by atoms with Crippen molar-refractivity contribution in [2.75, 3.05) is 45.8 Å². The highest BCUT2D eigenvalue weighted by Crippen LogP contribution is 2.16. The molecule has 0 bridgehead atoms. The molecule has 2 rings (SSSR count). The van der Waals surface area contributed by atoms with Gasteiger partial charge in [0.2, 0.25) is 0 Å². The summed E-state index contributed by atoms with van der Waals surface area (Å²) in [5, 5.41) is 3.48. The zero-order valence-electron chi connectivity index (χ0n) is 14.7. The van der Waals surface area contributed by atoms with E-state index in [1.165, 1.54) is 45.3 Å². The maximum absolute atomic E-state index is 4.91. The lowest BCUT2D eigenvalue weighted by Gasteiger charge is -2.33. The number of halogens is 1. The molecule has 0 aromatic rings. The van der Waals surface area contributed by atoms with Gasteiger partial charge in [-0.3, -0.25) is 4.99 Å². The first-order valence-electron chi connectivity index (χ1n) is 8.94. The molecule has 2 aliphatic rings. The number of rotatable bonds is 5. The summed E-state index contributed by atoms with van der Waals surface area (Å²) in [5.41, 5.74) is 0. The molecule has 130 valence electrons. The zero-order chi connectivity index (χ0) is 15.1. The molecule has 0 amide bonds. The predicted octanol–water partition coefficient (Wildman–Crippen LogP) is 3.03. The van der Waals surface area contributed by atoms with Crippen LogP contribution in [0.4, 0.5) is 0 Å². The number of piperidine rings is 1. The number of hydrogen-bond donors (Lipinski definition) is 1. The fourth-order valence-electron chi connectivity index (χ4n) is 3.35. The quantitative estimate of drug-likeness (QED) is 0.420. The molecule has 0 saturated carbocycles. The monoisotopic (exact) mass is 422 g/mol. The van der Waals surface area contributed by atoms with Gasteiger partial charge in [-0.2, -0.15) is 0 Å². The molecule has 22 heavy (non-hydrogen) atoms. The Morgan fingerprint density at radius 3 is 2.41 bits per heavy atom. The number of nitrogens with zero attached hydrogens (tertiary/aromatic N) is 3. The molecule has 0 aliphatic carbocycles. The second kappa shape index (κ2) is 10.7. The topological polar surface area (TPSA) is 30.9 Å². The summed E-state index contributed by atoms with van der Waals surface area (Å²) in [7, 11) is 0. The Balaban J connectivity index is 0.00000242. The first-order chi connectivity index (χ1) is 10.2. The molecule has 5 heteroatoms. The third-order valence-electron chi connectivity index (χ3n) is 4.74. The van der Waals surface area contributed by atoms with E-state index in [0.29, 0.717) is 5.92 Å². The van der Waals surface area contributed by atoms with Gasteiger partial charge in [-0.1, -0.05) is 13.8 Å². The van der Waals surface area contributed by atoms with Gasteiger partial charge in [0.1, 0.15) is 0 Å². The van der Waals surface area contributed by atoms with Gasteiger partial charge in [0.25, 0.3) is 0 Å². The molecule has 4 nitrogen and oxygen atoms in total. The van der Waals surface area contributed by atoms with Gasteiger partial charge in [0.15, 0.2) is 5.96 Å². The number of aliphatic imine (C=N–C) groups is 1. The van der Waals surface area contributed by atoms with Crippen molar-refractivity contribution in [2.45, 2.75) is 46.5 Å². The molecule has 2 heterocycles. The minimum Gasteiger partial charge on any atom is -0.357 e. The molecule has 2 aliphatic heterocycles. The van der Waals surface area contributed by atoms with E-state index in [1.54, 1.807) is 0 Å². The van der Waals surface area contributed by atoms with Crippen molar-refractivity contribution in [3.05, 3.63) is 0 Å². The Morgan fingerprint density at radius 2 is 1.82 bits per heavy atom. The largest absolute Gasteiger partial charge is 0.357 e. The molecule has 0 radical (unpaired) electrons. The number of nitrogens with one attached hydrogen (secondary N) is 1. The SMILES string of the molecule is CCNC(=NCC(C)CN1CCCC1)N1CCC(C)CC1.I. The van der Waals surface area contributed by atoms with E-state index in [9.17, 15) is 0 Å². The lowest BCUT2D eigenvalue weighted by atomic mass is 9.99. The van der Waals surface area contributed by atoms with Crippen molar-refractivity contribution in [1.82, 2.24) is 15.1 Å². The standard InChI is InChI=1S/C17H34N4.HI/c1-4-18-17(21-11-7-15(2)8-12-21)19-13-16(3)14-20-9-5-6-10-20;/h15-16H,4-14H2,1-3H3,(H,18,19);1H. The van der Waals surface area contributed by atoms with E-state index >= 15 is 0 Å². The van der Waals surface area contributed by atoms with Crippen molar-refractivity contribution in [2.24, 2.45) is 16.8 Å². The van der Waals surface area contributed by atoms with Crippen molar-refractivity contribution in [3.63, 3.8) is 0 Å². The van der Waals surface area contributed by atoms with Crippen LogP contribution in [0.2, 0.25) is 0 Å². The molecule has 2 saturated heterocycles. The summed E-state index contributed by atoms with van der Waals surface area (Å²) < 4.78 is 0. The Hall–Kier alpha value is -0.0400. The van der Waals surface area contributed by atoms with Gasteiger partial charge < -0.3 is 15.1 Å². The maximum Gasteiger partial charge on any atom is 0.193 e. The van der Waals surface area contributed by atoms with E-state index in [4.69, 9.17) is 4.99 Å². The number of likely N-dealkylation sites (tertiary alicyclic amines) is 2. The summed E-state index contributed by atoms with van der Waals surface area (Å²) in [6.07, 6.45) is 5.36. The molecule has 1 unspecified atom stereocenters. The van der Waals surface area contributed by atoms with Gasteiger partial charge in [0, 0.05) is 32.7 Å². The zero-order valence-corrected chi connectivity index (χ0v) is 17.0. The fraction of sp³-hybridized carbons (Fsp3) is 0.941. The Kier molecular flexibility index (Phi) is 9.71. The Labute approximate surface area is 154 Å². The summed E-state index contributed by atoms with van der Waals surface area (Å²) in [4.78, 5) is 9.95. The third-order valence-corrected chi connectivity index (χ3v) is 4.74. The first-order valence-corrected chi connectivity index (χ1v) is 8.94. The van der Waals surface area contributed by atoms with E-state index in [-0.39, 0.29) is 24.0 Å². The number of hydrogen-bond acceptors (Lipinski definition) is 2. The molecule has 0 spiro atoms. The van der Waals surface area contributed by atoms with Crippen LogP contribution in [0.5, 0.6) is 0 Å². The van der Waals surface area contributed by atoms with Crippen LogP contribution in [0.3, 0.4) is 0 Å². The summed E-state index contributed by atoms with van der Waals surface area (Å²) in [6, 6.07) is 0. The van der Waals surface area contributed by atoms with Gasteiger partial charge in [-0.15, -0.1) is 24.0 Å². The molecule has 0 aromatic heterocycles. The molecule has 1 N–H and O–H groups in total. The highest BCUT2D eigenvalue weighted by molar-refractivity contribution is 14.0. The molecule has 2 fully saturated rings. The molecule has 1 atom stereocenters. The highest BCUT2D eigenvalue weighted by atomic mass is 127. The molecular weight excluding hydrogens is 387 g/mol. The van der Waals surface area contributed by atoms with Gasteiger partial charge in [-0.05, 0) is 57.5 Å². The summed E-state index contributed by atoms with van der Waals surface area (Å²) >= 11 is 0. The minimum absolute atomic E-state index is 0. The van der Waals surface area contributed by atoms with Crippen molar-refractivity contribution in [3.8, 4) is 0 Å². The van der Waals surface area contributed by atoms with Crippen LogP contribution in [0, 0.1) is 11.8 Å². The van der Waals surface area contributed by atoms with Crippen LogP contribution in [0.15, 0.2) is 4.99 Å². The average molecular weight is 422 g/mol. The van der Waals surface area contributed by atoms with Gasteiger partial charge in [0.05, 0.1) is 0 Å². The first kappa shape index (κ1) is 20.0. The van der Waals surface area contributed by atoms with Crippen molar-refractivity contribution >= 4 is 29.9 Å². The van der Waals surface area contributed by atoms with Gasteiger partial charge in [-0.25, -0.2) is 0 Å². The smallest absolute Gasteiger partial charge is 0.193 e. The minimum atomic E-state index is 0. The molecular formula is C17H35IN4. The maximum atomic E-state index is 4.91. The van der Waals surface area contributed by atoms with E-state index in [0.717, 1.165) is 38.1 Å². The van der Waals surface area contributed by atoms with Crippen LogP contribution in [0.25, 0.3) is 0 Å². The Bertz CT molecular complexity index is 321. The fourth-order valence-corrected chi connectivity index (χ4v) is 3.35. The highest BCUT2D eigenvalue weighted by Gasteiger charge is 2.19. The summed E-state index contributed by atoms with van der Waals surface area (Å²) in [6.45, 7) is 14.9. The Morgan fingerprint density at radius 1 is 1.18 bits per heavy atom. The van der Waals surface area contributed by atoms with Crippen LogP contribution in [-0.4, -0.2) is 61.6 Å². The number of guanidine groups is 1. The lowest BCUT2D eigenvalue weighted by Crippen LogP contribution is -2.45. The second-order valence-electron chi connectivity index (χ2n) is 6.98. The lowest BCUT2D eigenvalue weighted by molar-refractivity contribution is 0.270. The van der Waals surface area contributed by atoms with E-state index in [2.05, 4.69) is 35.9 Å². The molecule has 0 aromatic carbocycles. The van der Waals surface area contributed by atoms with Crippen LogP contribution in [-0.2, 0) is 0 Å². The van der Waals surface area contributed by atoms with Crippen molar-refractivity contribution in [1.29, 1.82) is 0 Å². The van der Waals surface area contributed by atoms with Crippen molar-refractivity contribution < 1.29 is 0 Å². The van der Waals surface area contributed by atoms with Crippen LogP contribution >= 0.6 is 24.0 Å². The van der Waals surface area contributed by atoms with E-state index < -0.39 is 0 Å². The van der Waals surface area contributed by atoms with E-state index in [1.807, 2.05) is 0 Å². The predicted molar refractivity (Wildman–Crippen MR) is 106 cm³/mol. The van der Waals surface area contributed by atoms with Crippen LogP contribution in [0.1, 0.15) is 46.5 Å².